The van der Waals surface area contributed by atoms with Crippen LogP contribution in [0.3, 0.4) is 0 Å². The van der Waals surface area contributed by atoms with Crippen LogP contribution in [-0.2, 0) is 20.7 Å². The first-order valence-corrected chi connectivity index (χ1v) is 12.6. The van der Waals surface area contributed by atoms with Gasteiger partial charge < -0.3 is 25.2 Å². The number of anilines is 1. The fourth-order valence-electron chi connectivity index (χ4n) is 5.60. The summed E-state index contributed by atoms with van der Waals surface area (Å²) in [6.45, 7) is -0.175. The van der Waals surface area contributed by atoms with Crippen LogP contribution in [0.15, 0.2) is 42.7 Å². The van der Waals surface area contributed by atoms with Crippen LogP contribution in [0.4, 0.5) is 5.69 Å². The minimum atomic E-state index is -0.502. The van der Waals surface area contributed by atoms with Gasteiger partial charge in [0.2, 0.25) is 11.8 Å². The first kappa shape index (κ1) is 23.8. The van der Waals surface area contributed by atoms with Gasteiger partial charge in [0.1, 0.15) is 18.0 Å². The second-order valence-corrected chi connectivity index (χ2v) is 9.84. The molecule has 35 heavy (non-hydrogen) atoms. The summed E-state index contributed by atoms with van der Waals surface area (Å²) in [5.41, 5.74) is 2.58. The van der Waals surface area contributed by atoms with E-state index in [1.165, 1.54) is 6.42 Å². The van der Waals surface area contributed by atoms with Crippen LogP contribution in [0.25, 0.3) is 0 Å². The number of aromatic nitrogens is 1. The van der Waals surface area contributed by atoms with Crippen molar-refractivity contribution in [1.82, 2.24) is 10.3 Å². The highest BCUT2D eigenvalue weighted by Crippen LogP contribution is 2.47. The molecule has 8 nitrogen and oxygen atoms in total. The summed E-state index contributed by atoms with van der Waals surface area (Å²) in [4.78, 5) is 29.2. The number of hydrogen-bond donors (Lipinski definition) is 3. The Hall–Kier alpha value is -2.97. The number of nitrogens with zero attached hydrogens (tertiary/aromatic N) is 1. The third-order valence-electron chi connectivity index (χ3n) is 7.28. The van der Waals surface area contributed by atoms with E-state index in [9.17, 15) is 14.7 Å². The average Bonchev–Trinajstić information content (AvgIpc) is 3.22. The summed E-state index contributed by atoms with van der Waals surface area (Å²) < 4.78 is 12.2. The number of carbonyl (C=O) groups excluding carboxylic acids is 2. The monoisotopic (exact) mass is 479 g/mol. The molecular formula is C27H33N3O5. The Morgan fingerprint density at radius 2 is 1.86 bits per heavy atom. The molecule has 186 valence electrons. The van der Waals surface area contributed by atoms with Crippen LogP contribution >= 0.6 is 0 Å². The lowest BCUT2D eigenvalue weighted by atomic mass is 9.84. The van der Waals surface area contributed by atoms with Crippen molar-refractivity contribution in [3.63, 3.8) is 0 Å². The molecule has 2 aromatic rings. The fraction of sp³-hybridized carbons (Fsp3) is 0.519. The SMILES string of the molecule is O=C(Cc1ccncc1)Nc1ccc2c(c1)[C@H]1C[C@@H](CC(=O)NC3CCCCC3)O[C@H](CO)[C@H]1O2. The number of aliphatic hydroxyl groups excluding tert-OH is 1. The summed E-state index contributed by atoms with van der Waals surface area (Å²) in [7, 11) is 0. The minimum Gasteiger partial charge on any atom is -0.487 e. The molecule has 1 aliphatic carbocycles. The van der Waals surface area contributed by atoms with E-state index in [4.69, 9.17) is 9.47 Å². The smallest absolute Gasteiger partial charge is 0.228 e. The summed E-state index contributed by atoms with van der Waals surface area (Å²) in [6, 6.07) is 9.53. The molecule has 4 atom stereocenters. The minimum absolute atomic E-state index is 0.00769. The lowest BCUT2D eigenvalue weighted by Crippen LogP contribution is -2.48. The van der Waals surface area contributed by atoms with Gasteiger partial charge in [0.05, 0.1) is 25.6 Å². The van der Waals surface area contributed by atoms with Crippen molar-refractivity contribution < 1.29 is 24.2 Å². The van der Waals surface area contributed by atoms with Crippen LogP contribution in [0.5, 0.6) is 5.75 Å². The molecule has 2 fully saturated rings. The molecule has 0 spiro atoms. The highest BCUT2D eigenvalue weighted by atomic mass is 16.6. The maximum atomic E-state index is 12.7. The van der Waals surface area contributed by atoms with Gasteiger partial charge in [0, 0.05) is 35.6 Å². The first-order chi connectivity index (χ1) is 17.1. The number of fused-ring (bicyclic) bond motifs is 3. The van der Waals surface area contributed by atoms with Crippen LogP contribution < -0.4 is 15.4 Å². The highest BCUT2D eigenvalue weighted by Gasteiger charge is 2.46. The number of hydrogen-bond acceptors (Lipinski definition) is 6. The molecule has 3 heterocycles. The molecule has 2 amide bonds. The van der Waals surface area contributed by atoms with Crippen molar-refractivity contribution in [1.29, 1.82) is 0 Å². The van der Waals surface area contributed by atoms with Gasteiger partial charge in [-0.25, -0.2) is 0 Å². The van der Waals surface area contributed by atoms with E-state index in [2.05, 4.69) is 15.6 Å². The average molecular weight is 480 g/mol. The zero-order valence-corrected chi connectivity index (χ0v) is 19.8. The molecule has 0 unspecified atom stereocenters. The number of pyridine rings is 1. The van der Waals surface area contributed by atoms with Crippen molar-refractivity contribution in [2.45, 2.75) is 81.6 Å². The Kier molecular flexibility index (Phi) is 7.29. The molecule has 1 saturated heterocycles. The molecule has 1 aromatic heterocycles. The molecular weight excluding hydrogens is 446 g/mol. The maximum Gasteiger partial charge on any atom is 0.228 e. The second-order valence-electron chi connectivity index (χ2n) is 9.84. The molecule has 3 aliphatic rings. The van der Waals surface area contributed by atoms with Crippen molar-refractivity contribution in [3.05, 3.63) is 53.9 Å². The van der Waals surface area contributed by atoms with E-state index in [1.807, 2.05) is 30.3 Å². The van der Waals surface area contributed by atoms with Gasteiger partial charge in [-0.2, -0.15) is 0 Å². The van der Waals surface area contributed by atoms with Gasteiger partial charge in [-0.15, -0.1) is 0 Å². The van der Waals surface area contributed by atoms with E-state index in [-0.39, 0.29) is 55.4 Å². The van der Waals surface area contributed by atoms with Crippen molar-refractivity contribution in [2.75, 3.05) is 11.9 Å². The predicted octanol–water partition coefficient (Wildman–Crippen LogP) is 3.10. The van der Waals surface area contributed by atoms with Crippen molar-refractivity contribution >= 4 is 17.5 Å². The Morgan fingerprint density at radius 3 is 2.63 bits per heavy atom. The fourth-order valence-corrected chi connectivity index (χ4v) is 5.60. The van der Waals surface area contributed by atoms with Crippen LogP contribution in [0.2, 0.25) is 0 Å². The normalized spacial score (nSPS) is 25.7. The third-order valence-corrected chi connectivity index (χ3v) is 7.28. The van der Waals surface area contributed by atoms with E-state index in [0.29, 0.717) is 12.1 Å². The van der Waals surface area contributed by atoms with Gasteiger partial charge in [0.25, 0.3) is 0 Å². The summed E-state index contributed by atoms with van der Waals surface area (Å²) in [6.07, 6.45) is 9.04. The molecule has 1 saturated carbocycles. The lowest BCUT2D eigenvalue weighted by Gasteiger charge is -2.37. The number of rotatable bonds is 7. The number of nitrogens with one attached hydrogen (secondary N) is 2. The number of amides is 2. The van der Waals surface area contributed by atoms with Crippen molar-refractivity contribution in [3.8, 4) is 5.75 Å². The first-order valence-electron chi connectivity index (χ1n) is 12.6. The Labute approximate surface area is 205 Å². The van der Waals surface area contributed by atoms with Crippen LogP contribution in [-0.4, -0.2) is 52.9 Å². The summed E-state index contributed by atoms with van der Waals surface area (Å²) in [5.74, 6) is 0.624. The topological polar surface area (TPSA) is 110 Å². The van der Waals surface area contributed by atoms with E-state index in [0.717, 1.165) is 42.6 Å². The standard InChI is InChI=1S/C27H33N3O5/c31-16-24-27-22(14-20(34-24)15-26(33)29-18-4-2-1-3-5-18)21-13-19(6-7-23(21)35-27)30-25(32)12-17-8-10-28-11-9-17/h6-11,13,18,20,22,24,27,31H,1-5,12,14-16H2,(H,29,33)(H,30,32)/t20-,22+,24+,27-/m0/s1. The number of ether oxygens (including phenoxy) is 2. The zero-order chi connectivity index (χ0) is 24.2. The van der Waals surface area contributed by atoms with E-state index in [1.54, 1.807) is 12.4 Å². The number of benzene rings is 1. The number of aliphatic hydroxyl groups is 1. The predicted molar refractivity (Wildman–Crippen MR) is 130 cm³/mol. The quantitative estimate of drug-likeness (QED) is 0.563. The van der Waals surface area contributed by atoms with E-state index < -0.39 is 6.10 Å². The Balaban J connectivity index is 1.24. The molecule has 5 rings (SSSR count). The van der Waals surface area contributed by atoms with Gasteiger partial charge in [-0.3, -0.25) is 14.6 Å². The Morgan fingerprint density at radius 1 is 1.06 bits per heavy atom. The van der Waals surface area contributed by atoms with Gasteiger partial charge in [-0.1, -0.05) is 19.3 Å². The zero-order valence-electron chi connectivity index (χ0n) is 19.8. The van der Waals surface area contributed by atoms with Crippen LogP contribution in [0.1, 0.15) is 62.0 Å². The van der Waals surface area contributed by atoms with Crippen LogP contribution in [0, 0.1) is 0 Å². The summed E-state index contributed by atoms with van der Waals surface area (Å²) >= 11 is 0. The summed E-state index contributed by atoms with van der Waals surface area (Å²) in [5, 5.41) is 16.1. The number of carbonyl (C=O) groups is 2. The lowest BCUT2D eigenvalue weighted by molar-refractivity contribution is -0.142. The largest absolute Gasteiger partial charge is 0.487 e. The van der Waals surface area contributed by atoms with Gasteiger partial charge >= 0.3 is 0 Å². The molecule has 3 N–H and O–H groups in total. The Bertz CT molecular complexity index is 1040. The maximum absolute atomic E-state index is 12.7. The molecule has 8 heteroatoms. The van der Waals surface area contributed by atoms with Gasteiger partial charge in [0.15, 0.2) is 0 Å². The van der Waals surface area contributed by atoms with Crippen molar-refractivity contribution in [2.24, 2.45) is 0 Å². The molecule has 2 aliphatic heterocycles. The van der Waals surface area contributed by atoms with E-state index >= 15 is 0 Å². The molecule has 0 radical (unpaired) electrons. The second kappa shape index (κ2) is 10.7. The molecule has 1 aromatic carbocycles. The van der Waals surface area contributed by atoms with Gasteiger partial charge in [-0.05, 0) is 55.2 Å². The molecule has 0 bridgehead atoms. The third kappa shape index (κ3) is 5.65. The highest BCUT2D eigenvalue weighted by molar-refractivity contribution is 5.92.